The van der Waals surface area contributed by atoms with E-state index in [1.54, 1.807) is 17.4 Å². The first-order chi connectivity index (χ1) is 22.6. The Bertz CT molecular complexity index is 1560. The molecule has 8 heteroatoms. The first-order valence-corrected chi connectivity index (χ1v) is 17.8. The summed E-state index contributed by atoms with van der Waals surface area (Å²) in [7, 11) is 0. The van der Waals surface area contributed by atoms with Crippen LogP contribution in [-0.4, -0.2) is 79.3 Å². The largest absolute Gasteiger partial charge is 0.508 e. The third-order valence-electron chi connectivity index (χ3n) is 9.34. The van der Waals surface area contributed by atoms with Gasteiger partial charge >= 0.3 is 0 Å². The van der Waals surface area contributed by atoms with Crippen molar-refractivity contribution < 1.29 is 19.4 Å². The van der Waals surface area contributed by atoms with Crippen molar-refractivity contribution in [2.45, 2.75) is 57.9 Å². The minimum Gasteiger partial charge on any atom is -0.508 e. The van der Waals surface area contributed by atoms with E-state index in [9.17, 15) is 9.90 Å². The second kappa shape index (κ2) is 15.8. The van der Waals surface area contributed by atoms with Crippen molar-refractivity contribution in [3.05, 3.63) is 77.9 Å². The first kappa shape index (κ1) is 32.4. The van der Waals surface area contributed by atoms with Crippen molar-refractivity contribution in [3.8, 4) is 27.7 Å². The van der Waals surface area contributed by atoms with E-state index in [0.717, 1.165) is 66.2 Å². The quantitative estimate of drug-likeness (QED) is 0.143. The molecule has 3 aromatic carbocycles. The van der Waals surface area contributed by atoms with Gasteiger partial charge < -0.3 is 24.8 Å². The molecule has 2 N–H and O–H groups in total. The highest BCUT2D eigenvalue weighted by Gasteiger charge is 2.25. The van der Waals surface area contributed by atoms with E-state index in [1.165, 1.54) is 54.8 Å². The smallest absolute Gasteiger partial charge is 0.221 e. The van der Waals surface area contributed by atoms with E-state index < -0.39 is 0 Å². The first-order valence-electron chi connectivity index (χ1n) is 17.0. The second-order valence-electron chi connectivity index (χ2n) is 12.5. The average molecular weight is 642 g/mol. The van der Waals surface area contributed by atoms with Gasteiger partial charge in [-0.2, -0.15) is 0 Å². The lowest BCUT2D eigenvalue weighted by molar-refractivity contribution is -0.122. The van der Waals surface area contributed by atoms with Crippen LogP contribution in [-0.2, 0) is 11.2 Å². The lowest BCUT2D eigenvalue weighted by Gasteiger charge is -2.26. The fraction of sp³-hybridized carbons (Fsp3) is 0.447. The highest BCUT2D eigenvalue weighted by molar-refractivity contribution is 7.22. The number of hydrogen-bond acceptors (Lipinski definition) is 7. The summed E-state index contributed by atoms with van der Waals surface area (Å²) < 4.78 is 13.1. The number of fused-ring (bicyclic) bond motifs is 1. The Hall–Kier alpha value is -3.59. The highest BCUT2D eigenvalue weighted by atomic mass is 32.1. The molecule has 1 unspecified atom stereocenters. The minimum absolute atomic E-state index is 0.0997. The molecule has 4 aromatic rings. The van der Waals surface area contributed by atoms with Crippen LogP contribution in [0.2, 0.25) is 0 Å². The number of thiophene rings is 1. The Morgan fingerprint density at radius 2 is 1.65 bits per heavy atom. The van der Waals surface area contributed by atoms with Crippen molar-refractivity contribution in [1.82, 2.24) is 15.1 Å². The lowest BCUT2D eigenvalue weighted by atomic mass is 9.99. The molecule has 2 aliphatic heterocycles. The monoisotopic (exact) mass is 641 g/mol. The summed E-state index contributed by atoms with van der Waals surface area (Å²) >= 11 is 1.70. The van der Waals surface area contributed by atoms with E-state index in [0.29, 0.717) is 25.6 Å². The molecule has 7 nitrogen and oxygen atoms in total. The molecular weight excluding hydrogens is 595 g/mol. The summed E-state index contributed by atoms with van der Waals surface area (Å²) in [4.78, 5) is 18.5. The van der Waals surface area contributed by atoms with Crippen LogP contribution >= 0.6 is 11.3 Å². The van der Waals surface area contributed by atoms with E-state index in [-0.39, 0.29) is 11.7 Å². The Balaban J connectivity index is 1.06. The van der Waals surface area contributed by atoms with Crippen LogP contribution in [0.25, 0.3) is 20.5 Å². The third kappa shape index (κ3) is 8.41. The molecule has 244 valence electrons. The number of likely N-dealkylation sites (tertiary alicyclic amines) is 2. The standard InChI is InChI=1S/C38H47N3O4S/c1-2-41-21-6-7-30(41)26-37(43)39-18-23-44-33-15-10-29(11-16-33)38-35(34-17-12-31(42)27-36(34)46-38)25-28-8-13-32(14-9-28)45-24-22-40-19-4-3-5-20-40/h8-17,27,30,42H,2-7,18-26H2,1H3,(H,39,43). The molecular formula is C38H47N3O4S. The molecule has 0 radical (unpaired) electrons. The van der Waals surface area contributed by atoms with Crippen LogP contribution < -0.4 is 14.8 Å². The Kier molecular flexibility index (Phi) is 11.1. The van der Waals surface area contributed by atoms with Crippen molar-refractivity contribution in [2.24, 2.45) is 0 Å². The Labute approximate surface area is 277 Å². The van der Waals surface area contributed by atoms with Crippen LogP contribution in [0.1, 0.15) is 56.6 Å². The molecule has 2 fully saturated rings. The van der Waals surface area contributed by atoms with Gasteiger partial charge in [0.25, 0.3) is 0 Å². The Morgan fingerprint density at radius 1 is 0.913 bits per heavy atom. The third-order valence-corrected chi connectivity index (χ3v) is 10.6. The normalized spacial score (nSPS) is 17.4. The molecule has 1 amide bonds. The van der Waals surface area contributed by atoms with Crippen LogP contribution in [0.4, 0.5) is 0 Å². The maximum absolute atomic E-state index is 12.4. The number of carbonyl (C=O) groups excluding carboxylic acids is 1. The Morgan fingerprint density at radius 3 is 2.41 bits per heavy atom. The molecule has 6 rings (SSSR count). The number of piperidine rings is 1. The number of ether oxygens (including phenoxy) is 2. The van der Waals surface area contributed by atoms with Gasteiger partial charge in [0, 0.05) is 28.6 Å². The average Bonchev–Trinajstić information content (AvgIpc) is 3.68. The van der Waals surface area contributed by atoms with E-state index in [1.807, 2.05) is 24.3 Å². The van der Waals surface area contributed by atoms with Crippen LogP contribution in [0.15, 0.2) is 66.7 Å². The summed E-state index contributed by atoms with van der Waals surface area (Å²) in [5.74, 6) is 2.07. The number of nitrogens with zero attached hydrogens (tertiary/aromatic N) is 2. The maximum atomic E-state index is 12.4. The SMILES string of the molecule is CCN1CCCC1CC(=O)NCCOc1ccc(-c2sc3cc(O)ccc3c2Cc2ccc(OCCN3CCCCC3)cc2)cc1. The molecule has 0 spiro atoms. The molecule has 0 bridgehead atoms. The number of amides is 1. The molecule has 2 aliphatic rings. The van der Waals surface area contributed by atoms with Crippen LogP contribution in [0.5, 0.6) is 17.2 Å². The molecule has 46 heavy (non-hydrogen) atoms. The van der Waals surface area contributed by atoms with Crippen molar-refractivity contribution >= 4 is 27.3 Å². The van der Waals surface area contributed by atoms with Gasteiger partial charge in [0.2, 0.25) is 5.91 Å². The highest BCUT2D eigenvalue weighted by Crippen LogP contribution is 2.41. The fourth-order valence-corrected chi connectivity index (χ4v) is 8.08. The lowest BCUT2D eigenvalue weighted by Crippen LogP contribution is -2.36. The minimum atomic E-state index is 0.0997. The number of hydrogen-bond donors (Lipinski definition) is 2. The van der Waals surface area contributed by atoms with Gasteiger partial charge in [-0.05, 0) is 135 Å². The number of carbonyl (C=O) groups is 1. The van der Waals surface area contributed by atoms with Gasteiger partial charge in [-0.15, -0.1) is 11.3 Å². The summed E-state index contributed by atoms with van der Waals surface area (Å²) in [5.41, 5.74) is 3.58. The summed E-state index contributed by atoms with van der Waals surface area (Å²) in [6, 6.07) is 22.7. The van der Waals surface area contributed by atoms with Crippen molar-refractivity contribution in [1.29, 1.82) is 0 Å². The van der Waals surface area contributed by atoms with E-state index in [4.69, 9.17) is 9.47 Å². The zero-order valence-corrected chi connectivity index (χ0v) is 27.8. The number of aromatic hydroxyl groups is 1. The van der Waals surface area contributed by atoms with Gasteiger partial charge in [0.05, 0.1) is 6.54 Å². The zero-order valence-electron chi connectivity index (χ0n) is 27.0. The zero-order chi connectivity index (χ0) is 31.7. The number of phenols is 1. The topological polar surface area (TPSA) is 74.3 Å². The molecule has 0 aliphatic carbocycles. The molecule has 3 heterocycles. The molecule has 1 aromatic heterocycles. The van der Waals surface area contributed by atoms with Gasteiger partial charge in [-0.3, -0.25) is 9.69 Å². The van der Waals surface area contributed by atoms with Crippen molar-refractivity contribution in [2.75, 3.05) is 52.5 Å². The molecule has 1 atom stereocenters. The fourth-order valence-electron chi connectivity index (χ4n) is 6.82. The number of rotatable bonds is 14. The summed E-state index contributed by atoms with van der Waals surface area (Å²) in [6.45, 7) is 9.26. The van der Waals surface area contributed by atoms with Gasteiger partial charge in [-0.1, -0.05) is 25.5 Å². The van der Waals surface area contributed by atoms with Gasteiger partial charge in [0.1, 0.15) is 30.5 Å². The number of nitrogens with one attached hydrogen (secondary N) is 1. The summed E-state index contributed by atoms with van der Waals surface area (Å²) in [5, 5.41) is 14.4. The predicted octanol–water partition coefficient (Wildman–Crippen LogP) is 7.10. The predicted molar refractivity (Wildman–Crippen MR) is 187 cm³/mol. The van der Waals surface area contributed by atoms with Crippen LogP contribution in [0, 0.1) is 0 Å². The number of benzene rings is 3. The summed E-state index contributed by atoms with van der Waals surface area (Å²) in [6.07, 6.45) is 7.57. The number of phenolic OH excluding ortho intramolecular Hbond substituents is 1. The van der Waals surface area contributed by atoms with Crippen LogP contribution in [0.3, 0.4) is 0 Å². The van der Waals surface area contributed by atoms with E-state index in [2.05, 4.69) is 58.4 Å². The second-order valence-corrected chi connectivity index (χ2v) is 13.6. The van der Waals surface area contributed by atoms with Crippen molar-refractivity contribution in [3.63, 3.8) is 0 Å². The van der Waals surface area contributed by atoms with E-state index >= 15 is 0 Å². The molecule has 0 saturated carbocycles. The maximum Gasteiger partial charge on any atom is 0.221 e. The van der Waals surface area contributed by atoms with Gasteiger partial charge in [0.15, 0.2) is 0 Å². The van der Waals surface area contributed by atoms with Gasteiger partial charge in [-0.25, -0.2) is 0 Å². The molecule has 2 saturated heterocycles.